The van der Waals surface area contributed by atoms with E-state index in [-0.39, 0.29) is 0 Å². The van der Waals surface area contributed by atoms with Crippen LogP contribution in [0.1, 0.15) is 6.42 Å². The van der Waals surface area contributed by atoms with Crippen LogP contribution < -0.4 is 10.5 Å². The zero-order chi connectivity index (χ0) is 5.11. The van der Waals surface area contributed by atoms with E-state index in [1.165, 1.54) is 0 Å². The van der Waals surface area contributed by atoms with Gasteiger partial charge in [0, 0.05) is 12.6 Å². The summed E-state index contributed by atoms with van der Waals surface area (Å²) >= 11 is 0. The van der Waals surface area contributed by atoms with Gasteiger partial charge in [-0.25, -0.2) is 0 Å². The topological polar surface area (TPSA) is 24.1 Å². The first-order valence-corrected chi connectivity index (χ1v) is 2.60. The first-order valence-electron chi connectivity index (χ1n) is 2.60. The van der Waals surface area contributed by atoms with Gasteiger partial charge in [0.2, 0.25) is 0 Å². The van der Waals surface area contributed by atoms with E-state index in [0.29, 0.717) is 6.04 Å². The van der Waals surface area contributed by atoms with Gasteiger partial charge in [-0.1, -0.05) is 0 Å². The van der Waals surface area contributed by atoms with E-state index in [1.54, 1.807) is 0 Å². The van der Waals surface area contributed by atoms with Gasteiger partial charge in [0.05, 0.1) is 0 Å². The fraction of sp³-hybridized carbons (Fsp3) is 1.00. The zero-order valence-electron chi connectivity index (χ0n) is 4.28. The first-order chi connectivity index (χ1) is 3.43. The van der Waals surface area contributed by atoms with Gasteiger partial charge in [-0.15, -0.1) is 0 Å². The predicted molar refractivity (Wildman–Crippen MR) is 30.2 cm³/mol. The van der Waals surface area contributed by atoms with Gasteiger partial charge in [0.15, 0.2) is 7.98 Å². The van der Waals surface area contributed by atoms with E-state index < -0.39 is 0 Å². The van der Waals surface area contributed by atoms with Crippen molar-refractivity contribution in [3.8, 4) is 0 Å². The average molecular weight is 95.9 g/mol. The van der Waals surface area contributed by atoms with E-state index in [2.05, 4.69) is 10.5 Å². The molecule has 0 aliphatic carbocycles. The minimum atomic E-state index is 0.514. The fourth-order valence-corrected chi connectivity index (χ4v) is 0.797. The van der Waals surface area contributed by atoms with Crippen molar-refractivity contribution in [2.75, 3.05) is 13.1 Å². The molecular formula is C4H9BN2. The SMILES string of the molecule is [B]N[C@H]1CCNC1. The van der Waals surface area contributed by atoms with Crippen LogP contribution in [0.2, 0.25) is 0 Å². The molecule has 0 unspecified atom stereocenters. The van der Waals surface area contributed by atoms with Crippen LogP contribution >= 0.6 is 0 Å². The lowest BCUT2D eigenvalue weighted by molar-refractivity contribution is 0.684. The molecule has 1 rings (SSSR count). The minimum Gasteiger partial charge on any atom is -0.363 e. The van der Waals surface area contributed by atoms with Crippen molar-refractivity contribution >= 4 is 7.98 Å². The van der Waals surface area contributed by atoms with Crippen molar-refractivity contribution in [2.24, 2.45) is 0 Å². The molecule has 0 amide bonds. The highest BCUT2D eigenvalue weighted by molar-refractivity contribution is 6.04. The molecule has 0 aromatic rings. The van der Waals surface area contributed by atoms with Crippen LogP contribution in [0.4, 0.5) is 0 Å². The second-order valence-corrected chi connectivity index (χ2v) is 1.86. The van der Waals surface area contributed by atoms with Crippen molar-refractivity contribution in [2.45, 2.75) is 12.5 Å². The lowest BCUT2D eigenvalue weighted by Gasteiger charge is -2.02. The fourth-order valence-electron chi connectivity index (χ4n) is 0.797. The van der Waals surface area contributed by atoms with E-state index in [0.717, 1.165) is 19.5 Å². The molecular weight excluding hydrogens is 86.9 g/mol. The Morgan fingerprint density at radius 2 is 2.57 bits per heavy atom. The molecule has 2 N–H and O–H groups in total. The maximum Gasteiger partial charge on any atom is 0.178 e. The Bertz CT molecular complexity index is 51.7. The third kappa shape index (κ3) is 1.18. The monoisotopic (exact) mass is 96.1 g/mol. The minimum absolute atomic E-state index is 0.514. The number of rotatable bonds is 1. The van der Waals surface area contributed by atoms with Crippen LogP contribution in [0.25, 0.3) is 0 Å². The molecule has 0 spiro atoms. The maximum absolute atomic E-state index is 5.14. The highest BCUT2D eigenvalue weighted by Crippen LogP contribution is 1.93. The third-order valence-electron chi connectivity index (χ3n) is 1.30. The summed E-state index contributed by atoms with van der Waals surface area (Å²) in [5.74, 6) is 0. The molecule has 0 saturated carbocycles. The van der Waals surface area contributed by atoms with Gasteiger partial charge in [-0.3, -0.25) is 0 Å². The van der Waals surface area contributed by atoms with Gasteiger partial charge in [0.25, 0.3) is 0 Å². The van der Waals surface area contributed by atoms with E-state index in [4.69, 9.17) is 7.98 Å². The van der Waals surface area contributed by atoms with Gasteiger partial charge in [-0.05, 0) is 13.0 Å². The van der Waals surface area contributed by atoms with E-state index >= 15 is 0 Å². The van der Waals surface area contributed by atoms with E-state index in [9.17, 15) is 0 Å². The lowest BCUT2D eigenvalue weighted by atomic mass is 10.2. The quantitative estimate of drug-likeness (QED) is 0.410. The standard InChI is InChI=1S/C4H9BN2/c5-7-4-1-2-6-3-4/h4,6-7H,1-3H2/t4-/m0/s1. The average Bonchev–Trinajstić information content (AvgIpc) is 2.14. The Balaban J connectivity index is 2.14. The molecule has 3 heteroatoms. The Kier molecular flexibility index (Phi) is 1.71. The summed E-state index contributed by atoms with van der Waals surface area (Å²) in [6.07, 6.45) is 1.16. The summed E-state index contributed by atoms with van der Waals surface area (Å²) in [4.78, 5) is 0. The molecule has 0 aromatic heterocycles. The molecule has 1 aliphatic rings. The smallest absolute Gasteiger partial charge is 0.178 e. The van der Waals surface area contributed by atoms with Gasteiger partial charge in [0.1, 0.15) is 0 Å². The van der Waals surface area contributed by atoms with Crippen molar-refractivity contribution in [3.05, 3.63) is 0 Å². The highest BCUT2D eigenvalue weighted by Gasteiger charge is 2.09. The van der Waals surface area contributed by atoms with Crippen molar-refractivity contribution in [3.63, 3.8) is 0 Å². The summed E-state index contributed by atoms with van der Waals surface area (Å²) in [6.45, 7) is 2.13. The van der Waals surface area contributed by atoms with Crippen LogP contribution in [0.5, 0.6) is 0 Å². The molecule has 38 valence electrons. The predicted octanol–water partition coefficient (Wildman–Crippen LogP) is -0.979. The van der Waals surface area contributed by atoms with Crippen molar-refractivity contribution in [1.29, 1.82) is 0 Å². The summed E-state index contributed by atoms with van der Waals surface area (Å²) in [5, 5.41) is 5.88. The van der Waals surface area contributed by atoms with Crippen LogP contribution in [0.3, 0.4) is 0 Å². The second kappa shape index (κ2) is 2.33. The highest BCUT2D eigenvalue weighted by atomic mass is 15.0. The largest absolute Gasteiger partial charge is 0.363 e. The van der Waals surface area contributed by atoms with Gasteiger partial charge < -0.3 is 10.5 Å². The molecule has 1 fully saturated rings. The Morgan fingerprint density at radius 3 is 2.86 bits per heavy atom. The summed E-state index contributed by atoms with van der Waals surface area (Å²) < 4.78 is 0. The molecule has 1 saturated heterocycles. The molecule has 0 aromatic carbocycles. The molecule has 2 radical (unpaired) electrons. The Labute approximate surface area is 45.1 Å². The Morgan fingerprint density at radius 1 is 1.71 bits per heavy atom. The normalized spacial score (nSPS) is 31.1. The number of nitrogens with one attached hydrogen (secondary N) is 2. The van der Waals surface area contributed by atoms with Gasteiger partial charge in [-0.2, -0.15) is 0 Å². The molecule has 0 bridgehead atoms. The van der Waals surface area contributed by atoms with E-state index in [1.807, 2.05) is 0 Å². The number of hydrogen-bond donors (Lipinski definition) is 2. The first kappa shape index (κ1) is 5.13. The Hall–Kier alpha value is -0.0151. The summed E-state index contributed by atoms with van der Waals surface area (Å²) in [7, 11) is 5.14. The van der Waals surface area contributed by atoms with Crippen LogP contribution in [-0.4, -0.2) is 27.1 Å². The zero-order valence-corrected chi connectivity index (χ0v) is 4.28. The molecule has 1 aliphatic heterocycles. The number of hydrogen-bond acceptors (Lipinski definition) is 2. The maximum atomic E-state index is 5.14. The molecule has 1 atom stereocenters. The van der Waals surface area contributed by atoms with Crippen LogP contribution in [0, 0.1) is 0 Å². The van der Waals surface area contributed by atoms with Crippen molar-refractivity contribution in [1.82, 2.24) is 10.5 Å². The molecule has 2 nitrogen and oxygen atoms in total. The van der Waals surface area contributed by atoms with Crippen LogP contribution in [-0.2, 0) is 0 Å². The molecule has 7 heavy (non-hydrogen) atoms. The summed E-state index contributed by atoms with van der Waals surface area (Å²) in [5.41, 5.74) is 0. The van der Waals surface area contributed by atoms with Gasteiger partial charge >= 0.3 is 0 Å². The lowest BCUT2D eigenvalue weighted by Crippen LogP contribution is -2.28. The second-order valence-electron chi connectivity index (χ2n) is 1.86. The van der Waals surface area contributed by atoms with Crippen molar-refractivity contribution < 1.29 is 0 Å². The van der Waals surface area contributed by atoms with Crippen LogP contribution in [0.15, 0.2) is 0 Å². The molecule has 1 heterocycles. The summed E-state index contributed by atoms with van der Waals surface area (Å²) in [6, 6.07) is 0.514. The third-order valence-corrected chi connectivity index (χ3v) is 1.30.